The van der Waals surface area contributed by atoms with Crippen molar-refractivity contribution < 1.29 is 5.11 Å². The maximum absolute atomic E-state index is 10.0. The molecule has 2 nitrogen and oxygen atoms in total. The molecule has 0 saturated heterocycles. The van der Waals surface area contributed by atoms with Gasteiger partial charge in [-0.25, -0.2) is 0 Å². The maximum atomic E-state index is 10.0. The summed E-state index contributed by atoms with van der Waals surface area (Å²) >= 11 is 1.87. The van der Waals surface area contributed by atoms with Gasteiger partial charge in [-0.15, -0.1) is 11.3 Å². The summed E-state index contributed by atoms with van der Waals surface area (Å²) in [5.41, 5.74) is 3.92. The number of aromatic hydroxyl groups is 1. The Morgan fingerprint density at radius 3 is 2.91 bits per heavy atom. The molecule has 3 rings (SSSR count). The summed E-state index contributed by atoms with van der Waals surface area (Å²) in [5, 5.41) is 12.3. The van der Waals surface area contributed by atoms with Crippen LogP contribution in [0, 0.1) is 0 Å². The molecule has 2 aromatic rings. The summed E-state index contributed by atoms with van der Waals surface area (Å²) in [6.45, 7) is 5.61. The Hall–Kier alpha value is -1.48. The smallest absolute Gasteiger partial charge is 0.119 e. The molecule has 22 heavy (non-hydrogen) atoms. The second-order valence-electron chi connectivity index (χ2n) is 6.09. The van der Waals surface area contributed by atoms with Crippen LogP contribution in [0.25, 0.3) is 0 Å². The van der Waals surface area contributed by atoms with Crippen molar-refractivity contribution in [1.82, 2.24) is 0 Å². The van der Waals surface area contributed by atoms with Gasteiger partial charge in [-0.05, 0) is 60.7 Å². The van der Waals surface area contributed by atoms with Gasteiger partial charge in [-0.3, -0.25) is 0 Å². The van der Waals surface area contributed by atoms with Gasteiger partial charge in [0, 0.05) is 17.5 Å². The van der Waals surface area contributed by atoms with Gasteiger partial charge in [0.05, 0.1) is 5.69 Å². The Morgan fingerprint density at radius 2 is 2.14 bits per heavy atom. The first kappa shape index (κ1) is 15.4. The number of nitrogens with zero attached hydrogens (tertiary/aromatic N) is 1. The van der Waals surface area contributed by atoms with Crippen molar-refractivity contribution in [2.75, 3.05) is 11.4 Å². The third-order valence-corrected chi connectivity index (χ3v) is 5.74. The first-order valence-electron chi connectivity index (χ1n) is 8.37. The lowest BCUT2D eigenvalue weighted by atomic mass is 9.86. The molecule has 3 heteroatoms. The van der Waals surface area contributed by atoms with E-state index in [4.69, 9.17) is 0 Å². The molecule has 118 valence electrons. The number of anilines is 1. The lowest BCUT2D eigenvalue weighted by Gasteiger charge is -2.37. The standard InChI is InChI=1S/C19H25NOS/c1-3-11-20(17-10-12-22-19(17)4-2)15-8-9-16-14(13-15)6-5-7-18(16)21/h5-7,10,12,15,21H,3-4,8-9,11,13H2,1-2H3. The molecule has 1 aromatic carbocycles. The maximum Gasteiger partial charge on any atom is 0.119 e. The van der Waals surface area contributed by atoms with E-state index < -0.39 is 0 Å². The second-order valence-corrected chi connectivity index (χ2v) is 7.09. The van der Waals surface area contributed by atoms with Gasteiger partial charge in [0.1, 0.15) is 5.75 Å². The van der Waals surface area contributed by atoms with Crippen molar-refractivity contribution in [3.05, 3.63) is 45.6 Å². The summed E-state index contributed by atoms with van der Waals surface area (Å²) in [7, 11) is 0. The highest BCUT2D eigenvalue weighted by Gasteiger charge is 2.26. The van der Waals surface area contributed by atoms with E-state index in [9.17, 15) is 5.11 Å². The Morgan fingerprint density at radius 1 is 1.27 bits per heavy atom. The number of benzene rings is 1. The zero-order valence-electron chi connectivity index (χ0n) is 13.5. The number of hydrogen-bond acceptors (Lipinski definition) is 3. The molecule has 1 atom stereocenters. The van der Waals surface area contributed by atoms with Crippen LogP contribution < -0.4 is 4.90 Å². The number of rotatable bonds is 5. The fourth-order valence-electron chi connectivity index (χ4n) is 3.63. The predicted octanol–water partition coefficient (Wildman–Crippen LogP) is 4.79. The van der Waals surface area contributed by atoms with Crippen molar-refractivity contribution >= 4 is 17.0 Å². The van der Waals surface area contributed by atoms with Crippen molar-refractivity contribution in [1.29, 1.82) is 0 Å². The zero-order valence-corrected chi connectivity index (χ0v) is 14.3. The Bertz CT molecular complexity index is 634. The molecule has 0 aliphatic heterocycles. The van der Waals surface area contributed by atoms with Crippen LogP contribution in [-0.2, 0) is 19.3 Å². The van der Waals surface area contributed by atoms with Crippen LogP contribution in [0.3, 0.4) is 0 Å². The molecule has 0 radical (unpaired) electrons. The van der Waals surface area contributed by atoms with Crippen LogP contribution in [0.15, 0.2) is 29.6 Å². The average Bonchev–Trinajstić information content (AvgIpc) is 3.01. The van der Waals surface area contributed by atoms with Crippen molar-refractivity contribution in [2.45, 2.75) is 52.0 Å². The van der Waals surface area contributed by atoms with Crippen molar-refractivity contribution in [3.8, 4) is 5.75 Å². The van der Waals surface area contributed by atoms with E-state index in [1.807, 2.05) is 23.5 Å². The van der Waals surface area contributed by atoms with E-state index in [2.05, 4.69) is 36.3 Å². The molecule has 0 spiro atoms. The zero-order chi connectivity index (χ0) is 15.5. The summed E-state index contributed by atoms with van der Waals surface area (Å²) in [6.07, 6.45) is 5.44. The summed E-state index contributed by atoms with van der Waals surface area (Å²) in [6, 6.07) is 8.81. The van der Waals surface area contributed by atoms with Crippen LogP contribution in [0.5, 0.6) is 5.75 Å². The summed E-state index contributed by atoms with van der Waals surface area (Å²) in [5.74, 6) is 0.475. The van der Waals surface area contributed by atoms with Gasteiger partial charge < -0.3 is 10.0 Å². The van der Waals surface area contributed by atoms with E-state index >= 15 is 0 Å². The van der Waals surface area contributed by atoms with E-state index in [0.29, 0.717) is 11.8 Å². The first-order chi connectivity index (χ1) is 10.7. The van der Waals surface area contributed by atoms with Crippen LogP contribution in [0.1, 0.15) is 42.7 Å². The monoisotopic (exact) mass is 315 g/mol. The third kappa shape index (κ3) is 2.87. The summed E-state index contributed by atoms with van der Waals surface area (Å²) < 4.78 is 0. The predicted molar refractivity (Wildman–Crippen MR) is 95.3 cm³/mol. The van der Waals surface area contributed by atoms with E-state index in [1.54, 1.807) is 0 Å². The molecule has 1 aliphatic carbocycles. The number of fused-ring (bicyclic) bond motifs is 1. The number of phenols is 1. The molecular formula is C19H25NOS. The fraction of sp³-hybridized carbons (Fsp3) is 0.474. The highest BCUT2D eigenvalue weighted by atomic mass is 32.1. The SMILES string of the molecule is CCCN(c1ccsc1CC)C1CCc2c(O)cccc2C1. The minimum absolute atomic E-state index is 0.475. The highest BCUT2D eigenvalue weighted by Crippen LogP contribution is 2.35. The summed E-state index contributed by atoms with van der Waals surface area (Å²) in [4.78, 5) is 4.11. The molecule has 1 aromatic heterocycles. The van der Waals surface area contributed by atoms with Crippen molar-refractivity contribution in [3.63, 3.8) is 0 Å². The minimum atomic E-state index is 0.475. The molecule has 0 bridgehead atoms. The number of phenolic OH excluding ortho intramolecular Hbond substituents is 1. The fourth-order valence-corrected chi connectivity index (χ4v) is 4.46. The molecule has 1 heterocycles. The molecule has 0 fully saturated rings. The molecule has 1 N–H and O–H groups in total. The van der Waals surface area contributed by atoms with E-state index in [1.165, 1.54) is 22.5 Å². The van der Waals surface area contributed by atoms with Crippen LogP contribution in [-0.4, -0.2) is 17.7 Å². The normalized spacial score (nSPS) is 17.3. The topological polar surface area (TPSA) is 23.5 Å². The van der Waals surface area contributed by atoms with Gasteiger partial charge in [-0.2, -0.15) is 0 Å². The van der Waals surface area contributed by atoms with E-state index in [0.717, 1.165) is 37.8 Å². The minimum Gasteiger partial charge on any atom is -0.508 e. The quantitative estimate of drug-likeness (QED) is 0.857. The van der Waals surface area contributed by atoms with Gasteiger partial charge >= 0.3 is 0 Å². The number of thiophene rings is 1. The van der Waals surface area contributed by atoms with E-state index in [-0.39, 0.29) is 0 Å². The Balaban J connectivity index is 1.88. The lowest BCUT2D eigenvalue weighted by Crippen LogP contribution is -2.40. The first-order valence-corrected chi connectivity index (χ1v) is 9.25. The molecular weight excluding hydrogens is 290 g/mol. The molecule has 0 amide bonds. The van der Waals surface area contributed by atoms with Crippen LogP contribution >= 0.6 is 11.3 Å². The van der Waals surface area contributed by atoms with Gasteiger partial charge in [-0.1, -0.05) is 26.0 Å². The number of aryl methyl sites for hydroxylation is 1. The Kier molecular flexibility index (Phi) is 4.72. The average molecular weight is 315 g/mol. The van der Waals surface area contributed by atoms with Gasteiger partial charge in [0.2, 0.25) is 0 Å². The van der Waals surface area contributed by atoms with Crippen molar-refractivity contribution in [2.24, 2.45) is 0 Å². The number of hydrogen-bond donors (Lipinski definition) is 1. The largest absolute Gasteiger partial charge is 0.508 e. The second kappa shape index (κ2) is 6.74. The molecule has 1 unspecified atom stereocenters. The highest BCUT2D eigenvalue weighted by molar-refractivity contribution is 7.10. The van der Waals surface area contributed by atoms with Crippen LogP contribution in [0.2, 0.25) is 0 Å². The van der Waals surface area contributed by atoms with Gasteiger partial charge in [0.25, 0.3) is 0 Å². The Labute approximate surface area is 137 Å². The third-order valence-electron chi connectivity index (χ3n) is 4.69. The molecule has 0 saturated carbocycles. The molecule has 1 aliphatic rings. The lowest BCUT2D eigenvalue weighted by molar-refractivity contribution is 0.451. The van der Waals surface area contributed by atoms with Crippen LogP contribution in [0.4, 0.5) is 5.69 Å². The van der Waals surface area contributed by atoms with Gasteiger partial charge in [0.15, 0.2) is 0 Å².